The molecular weight excluding hydrogens is 234 g/mol. The summed E-state index contributed by atoms with van der Waals surface area (Å²) in [6, 6.07) is 6.38. The summed E-state index contributed by atoms with van der Waals surface area (Å²) in [6.45, 7) is 3.88. The molecular formula is C13H13NO4. The van der Waals surface area contributed by atoms with Gasteiger partial charge in [0.1, 0.15) is 12.4 Å². The summed E-state index contributed by atoms with van der Waals surface area (Å²) in [5.74, 6) is -1.43. The van der Waals surface area contributed by atoms with E-state index in [1.807, 2.05) is 0 Å². The molecule has 0 radical (unpaired) electrons. The van der Waals surface area contributed by atoms with Crippen molar-refractivity contribution in [3.8, 4) is 5.75 Å². The van der Waals surface area contributed by atoms with Crippen LogP contribution in [-0.2, 0) is 9.59 Å². The Kier molecular flexibility index (Phi) is 4.68. The normalized spacial score (nSPS) is 10.8. The first-order valence-corrected chi connectivity index (χ1v) is 5.13. The summed E-state index contributed by atoms with van der Waals surface area (Å²) in [7, 11) is 0. The van der Waals surface area contributed by atoms with E-state index >= 15 is 0 Å². The molecule has 1 rings (SSSR count). The molecule has 1 amide bonds. The predicted octanol–water partition coefficient (Wildman–Crippen LogP) is 1.20. The number of benzene rings is 1. The van der Waals surface area contributed by atoms with Crippen LogP contribution in [0, 0.1) is 0 Å². The van der Waals surface area contributed by atoms with E-state index in [0.29, 0.717) is 17.9 Å². The molecule has 0 aliphatic carbocycles. The fourth-order valence-corrected chi connectivity index (χ4v) is 1.31. The molecule has 1 aromatic carbocycles. The number of primary amides is 1. The van der Waals surface area contributed by atoms with Crippen molar-refractivity contribution in [1.82, 2.24) is 0 Å². The highest BCUT2D eigenvalue weighted by Crippen LogP contribution is 2.18. The van der Waals surface area contributed by atoms with E-state index in [9.17, 15) is 9.59 Å². The zero-order chi connectivity index (χ0) is 13.5. The van der Waals surface area contributed by atoms with Gasteiger partial charge in [-0.3, -0.25) is 4.79 Å². The molecule has 0 saturated carbocycles. The fraction of sp³-hybridized carbons (Fsp3) is 0.0769. The minimum absolute atomic E-state index is 0.0576. The Morgan fingerprint density at radius 3 is 2.39 bits per heavy atom. The zero-order valence-corrected chi connectivity index (χ0v) is 9.63. The van der Waals surface area contributed by atoms with Gasteiger partial charge in [-0.25, -0.2) is 4.79 Å². The summed E-state index contributed by atoms with van der Waals surface area (Å²) >= 11 is 0. The van der Waals surface area contributed by atoms with Gasteiger partial charge in [-0.1, -0.05) is 24.8 Å². The average molecular weight is 247 g/mol. The average Bonchev–Trinajstić information content (AvgIpc) is 2.34. The minimum atomic E-state index is -1.23. The van der Waals surface area contributed by atoms with Crippen LogP contribution in [0.15, 0.2) is 43.0 Å². The number of aliphatic carboxylic acids is 1. The van der Waals surface area contributed by atoms with Gasteiger partial charge in [0.25, 0.3) is 0 Å². The van der Waals surface area contributed by atoms with E-state index in [1.54, 1.807) is 30.3 Å². The Labute approximate surface area is 104 Å². The molecule has 18 heavy (non-hydrogen) atoms. The Bertz CT molecular complexity index is 488. The maximum Gasteiger partial charge on any atom is 0.329 e. The molecule has 0 spiro atoms. The van der Waals surface area contributed by atoms with Crippen molar-refractivity contribution in [2.75, 3.05) is 6.61 Å². The molecule has 5 nitrogen and oxygen atoms in total. The van der Waals surface area contributed by atoms with Crippen molar-refractivity contribution in [2.24, 2.45) is 5.73 Å². The molecule has 0 fully saturated rings. The molecule has 5 heteroatoms. The number of rotatable bonds is 6. The predicted molar refractivity (Wildman–Crippen MR) is 66.9 cm³/mol. The van der Waals surface area contributed by atoms with Gasteiger partial charge in [-0.2, -0.15) is 0 Å². The van der Waals surface area contributed by atoms with Crippen LogP contribution in [0.4, 0.5) is 0 Å². The first kappa shape index (κ1) is 13.5. The number of amides is 1. The third-order valence-corrected chi connectivity index (χ3v) is 2.07. The summed E-state index contributed by atoms with van der Waals surface area (Å²) in [5.41, 5.74) is 5.49. The van der Waals surface area contributed by atoms with Crippen molar-refractivity contribution < 1.29 is 19.4 Å². The largest absolute Gasteiger partial charge is 0.490 e. The van der Waals surface area contributed by atoms with E-state index in [-0.39, 0.29) is 5.57 Å². The second-order valence-electron chi connectivity index (χ2n) is 3.38. The van der Waals surface area contributed by atoms with Crippen molar-refractivity contribution >= 4 is 17.4 Å². The van der Waals surface area contributed by atoms with Gasteiger partial charge in [-0.05, 0) is 17.7 Å². The molecule has 0 aromatic heterocycles. The van der Waals surface area contributed by atoms with Crippen LogP contribution in [0.5, 0.6) is 5.75 Å². The van der Waals surface area contributed by atoms with Gasteiger partial charge in [0.05, 0.1) is 5.57 Å². The second kappa shape index (κ2) is 6.24. The van der Waals surface area contributed by atoms with Crippen molar-refractivity contribution in [3.63, 3.8) is 0 Å². The zero-order valence-electron chi connectivity index (χ0n) is 9.63. The number of hydrogen-bond donors (Lipinski definition) is 2. The Hall–Kier alpha value is -2.56. The molecule has 3 N–H and O–H groups in total. The number of carbonyl (C=O) groups excluding carboxylic acids is 1. The van der Waals surface area contributed by atoms with E-state index in [4.69, 9.17) is 15.6 Å². The van der Waals surface area contributed by atoms with Crippen LogP contribution >= 0.6 is 0 Å². The summed E-state index contributed by atoms with van der Waals surface area (Å²) < 4.78 is 5.26. The van der Waals surface area contributed by atoms with Crippen molar-refractivity contribution in [3.05, 3.63) is 48.6 Å². The van der Waals surface area contributed by atoms with Gasteiger partial charge in [0.2, 0.25) is 5.91 Å². The summed E-state index contributed by atoms with van der Waals surface area (Å²) in [5, 5.41) is 8.64. The number of ether oxygens (including phenoxy) is 1. The van der Waals surface area contributed by atoms with Crippen LogP contribution in [0.2, 0.25) is 0 Å². The first-order chi connectivity index (χ1) is 8.54. The Morgan fingerprint density at radius 1 is 1.33 bits per heavy atom. The van der Waals surface area contributed by atoms with Crippen LogP contribution in [0.25, 0.3) is 5.57 Å². The number of carboxylic acids is 1. The van der Waals surface area contributed by atoms with E-state index in [2.05, 4.69) is 6.58 Å². The lowest BCUT2D eigenvalue weighted by Crippen LogP contribution is -2.14. The van der Waals surface area contributed by atoms with E-state index in [1.165, 1.54) is 0 Å². The first-order valence-electron chi connectivity index (χ1n) is 5.13. The lowest BCUT2D eigenvalue weighted by Gasteiger charge is -2.06. The highest BCUT2D eigenvalue weighted by atomic mass is 16.5. The number of carboxylic acid groups (broad SMARTS) is 1. The molecule has 0 aliphatic rings. The van der Waals surface area contributed by atoms with E-state index in [0.717, 1.165) is 6.08 Å². The molecule has 94 valence electrons. The highest BCUT2D eigenvalue weighted by molar-refractivity contribution is 6.22. The maximum atomic E-state index is 11.1. The molecule has 0 atom stereocenters. The second-order valence-corrected chi connectivity index (χ2v) is 3.38. The van der Waals surface area contributed by atoms with Crippen LogP contribution in [0.3, 0.4) is 0 Å². The fourth-order valence-electron chi connectivity index (χ4n) is 1.31. The standard InChI is InChI=1S/C13H13NO4/c1-2-7-18-10-5-3-9(4-6-10)11(13(14)17)8-12(15)16/h2-6,8H,1,7H2,(H2,14,17)(H,15,16)/b11-8-. The smallest absolute Gasteiger partial charge is 0.329 e. The third kappa shape index (κ3) is 3.79. The van der Waals surface area contributed by atoms with Gasteiger partial charge in [-0.15, -0.1) is 0 Å². The monoisotopic (exact) mass is 247 g/mol. The molecule has 0 aliphatic heterocycles. The van der Waals surface area contributed by atoms with Gasteiger partial charge >= 0.3 is 5.97 Å². The van der Waals surface area contributed by atoms with Crippen molar-refractivity contribution in [1.29, 1.82) is 0 Å². The molecule has 0 unspecified atom stereocenters. The van der Waals surface area contributed by atoms with Crippen LogP contribution in [0.1, 0.15) is 5.56 Å². The van der Waals surface area contributed by atoms with Crippen LogP contribution in [-0.4, -0.2) is 23.6 Å². The topological polar surface area (TPSA) is 89.6 Å². The van der Waals surface area contributed by atoms with Gasteiger partial charge < -0.3 is 15.6 Å². The minimum Gasteiger partial charge on any atom is -0.490 e. The quantitative estimate of drug-likeness (QED) is 0.584. The lowest BCUT2D eigenvalue weighted by atomic mass is 10.1. The highest BCUT2D eigenvalue weighted by Gasteiger charge is 2.10. The lowest BCUT2D eigenvalue weighted by molar-refractivity contribution is -0.131. The SMILES string of the molecule is C=CCOc1ccc(/C(=C/C(=O)O)C(N)=O)cc1. The van der Waals surface area contributed by atoms with Gasteiger partial charge in [0, 0.05) is 6.08 Å². The number of carbonyl (C=O) groups is 2. The Balaban J connectivity index is 2.98. The third-order valence-electron chi connectivity index (χ3n) is 2.07. The Morgan fingerprint density at radius 2 is 1.94 bits per heavy atom. The molecule has 1 aromatic rings. The van der Waals surface area contributed by atoms with Crippen LogP contribution < -0.4 is 10.5 Å². The maximum absolute atomic E-state index is 11.1. The van der Waals surface area contributed by atoms with Gasteiger partial charge in [0.15, 0.2) is 0 Å². The summed E-state index contributed by atoms with van der Waals surface area (Å²) in [6.07, 6.45) is 2.38. The van der Waals surface area contributed by atoms with E-state index < -0.39 is 11.9 Å². The van der Waals surface area contributed by atoms with Crippen molar-refractivity contribution in [2.45, 2.75) is 0 Å². The number of hydrogen-bond acceptors (Lipinski definition) is 3. The molecule has 0 heterocycles. The summed E-state index contributed by atoms with van der Waals surface area (Å²) in [4.78, 5) is 21.7. The number of nitrogens with two attached hydrogens (primary N) is 1. The molecule has 0 saturated heterocycles. The molecule has 0 bridgehead atoms.